The summed E-state index contributed by atoms with van der Waals surface area (Å²) in [6.07, 6.45) is 4.33. The molecule has 0 radical (unpaired) electrons. The number of amides is 1. The number of carbonyl (C=O) groups excluding carboxylic acids is 1. The van der Waals surface area contributed by atoms with Crippen LogP contribution in [0, 0.1) is 5.41 Å². The molecule has 0 bridgehead atoms. The van der Waals surface area contributed by atoms with Crippen molar-refractivity contribution in [3.8, 4) is 0 Å². The van der Waals surface area contributed by atoms with Crippen molar-refractivity contribution in [2.45, 2.75) is 78.9 Å². The van der Waals surface area contributed by atoms with Crippen molar-refractivity contribution in [3.05, 3.63) is 0 Å². The van der Waals surface area contributed by atoms with E-state index in [2.05, 4.69) is 26.1 Å². The van der Waals surface area contributed by atoms with Gasteiger partial charge >= 0.3 is 6.09 Å². The highest BCUT2D eigenvalue weighted by Crippen LogP contribution is 2.20. The second-order valence-electron chi connectivity index (χ2n) is 8.34. The van der Waals surface area contributed by atoms with Gasteiger partial charge in [0.05, 0.1) is 0 Å². The van der Waals surface area contributed by atoms with E-state index >= 15 is 0 Å². The summed E-state index contributed by atoms with van der Waals surface area (Å²) in [5.41, 5.74) is -0.0663. The molecule has 4 nitrogen and oxygen atoms in total. The standard InChI is InChI=1S/C17H34N2O2/c1-16(2,3)10-11-18-13-14-9-7-8-12-19(14)15(20)21-17(4,5)6/h14,18H,7-13H2,1-6H3. The fraction of sp³-hybridized carbons (Fsp3) is 0.941. The van der Waals surface area contributed by atoms with E-state index in [9.17, 15) is 4.79 Å². The minimum atomic E-state index is -0.418. The number of ether oxygens (including phenoxy) is 1. The zero-order valence-electron chi connectivity index (χ0n) is 14.8. The maximum Gasteiger partial charge on any atom is 0.410 e. The molecular weight excluding hydrogens is 264 g/mol. The number of piperidine rings is 1. The van der Waals surface area contributed by atoms with Gasteiger partial charge in [0.2, 0.25) is 0 Å². The second kappa shape index (κ2) is 7.48. The average Bonchev–Trinajstić information content (AvgIpc) is 2.32. The Morgan fingerprint density at radius 1 is 1.19 bits per heavy atom. The van der Waals surface area contributed by atoms with E-state index in [4.69, 9.17) is 4.74 Å². The number of nitrogens with zero attached hydrogens (tertiary/aromatic N) is 1. The van der Waals surface area contributed by atoms with Crippen molar-refractivity contribution in [2.75, 3.05) is 19.6 Å². The Morgan fingerprint density at radius 3 is 2.43 bits per heavy atom. The molecule has 1 unspecified atom stereocenters. The first kappa shape index (κ1) is 18.3. The lowest BCUT2D eigenvalue weighted by atomic mass is 9.92. The number of hydrogen-bond acceptors (Lipinski definition) is 3. The molecule has 0 aromatic heterocycles. The Labute approximate surface area is 130 Å². The topological polar surface area (TPSA) is 41.6 Å². The van der Waals surface area contributed by atoms with Crippen molar-refractivity contribution in [1.29, 1.82) is 0 Å². The largest absolute Gasteiger partial charge is 0.444 e. The van der Waals surface area contributed by atoms with Crippen LogP contribution < -0.4 is 5.32 Å². The molecule has 1 aliphatic rings. The molecule has 1 N–H and O–H groups in total. The molecule has 124 valence electrons. The van der Waals surface area contributed by atoms with Crippen molar-refractivity contribution < 1.29 is 9.53 Å². The van der Waals surface area contributed by atoms with Crippen LogP contribution in [0.4, 0.5) is 4.79 Å². The molecule has 1 fully saturated rings. The van der Waals surface area contributed by atoms with E-state index in [1.807, 2.05) is 25.7 Å². The maximum absolute atomic E-state index is 12.3. The highest BCUT2D eigenvalue weighted by Gasteiger charge is 2.30. The summed E-state index contributed by atoms with van der Waals surface area (Å²) in [5.74, 6) is 0. The summed E-state index contributed by atoms with van der Waals surface area (Å²) >= 11 is 0. The number of carbonyl (C=O) groups is 1. The van der Waals surface area contributed by atoms with Crippen LogP contribution in [0.2, 0.25) is 0 Å². The number of hydrogen-bond donors (Lipinski definition) is 1. The molecule has 1 amide bonds. The van der Waals surface area contributed by atoms with Crippen LogP contribution in [0.15, 0.2) is 0 Å². The zero-order valence-corrected chi connectivity index (χ0v) is 14.8. The first-order chi connectivity index (χ1) is 9.58. The van der Waals surface area contributed by atoms with E-state index < -0.39 is 5.60 Å². The number of likely N-dealkylation sites (tertiary alicyclic amines) is 1. The fourth-order valence-corrected chi connectivity index (χ4v) is 2.51. The molecule has 1 aliphatic heterocycles. The van der Waals surface area contributed by atoms with Gasteiger partial charge in [-0.05, 0) is 58.4 Å². The third-order valence-electron chi connectivity index (χ3n) is 3.69. The van der Waals surface area contributed by atoms with Crippen molar-refractivity contribution in [1.82, 2.24) is 10.2 Å². The molecule has 0 spiro atoms. The van der Waals surface area contributed by atoms with Gasteiger partial charge in [-0.3, -0.25) is 0 Å². The summed E-state index contributed by atoms with van der Waals surface area (Å²) < 4.78 is 5.53. The van der Waals surface area contributed by atoms with Gasteiger partial charge in [0, 0.05) is 19.1 Å². The lowest BCUT2D eigenvalue weighted by molar-refractivity contribution is 0.00991. The molecule has 1 saturated heterocycles. The van der Waals surface area contributed by atoms with Gasteiger partial charge in [0.1, 0.15) is 5.60 Å². The molecule has 0 saturated carbocycles. The highest BCUT2D eigenvalue weighted by atomic mass is 16.6. The summed E-state index contributed by atoms with van der Waals surface area (Å²) in [6, 6.07) is 0.272. The van der Waals surface area contributed by atoms with Crippen LogP contribution in [0.1, 0.15) is 67.2 Å². The summed E-state index contributed by atoms with van der Waals surface area (Å²) in [7, 11) is 0. The van der Waals surface area contributed by atoms with Crippen LogP contribution in [0.25, 0.3) is 0 Å². The van der Waals surface area contributed by atoms with E-state index in [-0.39, 0.29) is 12.1 Å². The lowest BCUT2D eigenvalue weighted by Gasteiger charge is -2.37. The third kappa shape index (κ3) is 7.70. The predicted octanol–water partition coefficient (Wildman–Crippen LogP) is 3.80. The molecule has 4 heteroatoms. The first-order valence-electron chi connectivity index (χ1n) is 8.29. The fourth-order valence-electron chi connectivity index (χ4n) is 2.51. The third-order valence-corrected chi connectivity index (χ3v) is 3.69. The van der Waals surface area contributed by atoms with Gasteiger partial charge in [-0.1, -0.05) is 20.8 Å². The Kier molecular flexibility index (Phi) is 6.51. The van der Waals surface area contributed by atoms with Crippen LogP contribution in [-0.2, 0) is 4.74 Å². The molecule has 0 aromatic rings. The van der Waals surface area contributed by atoms with Crippen LogP contribution in [-0.4, -0.2) is 42.3 Å². The smallest absolute Gasteiger partial charge is 0.410 e. The maximum atomic E-state index is 12.3. The average molecular weight is 298 g/mol. The molecular formula is C17H34N2O2. The van der Waals surface area contributed by atoms with Gasteiger partial charge in [-0.2, -0.15) is 0 Å². The normalized spacial score (nSPS) is 20.5. The number of rotatable bonds is 4. The number of nitrogens with one attached hydrogen (secondary N) is 1. The van der Waals surface area contributed by atoms with Crippen molar-refractivity contribution >= 4 is 6.09 Å². The van der Waals surface area contributed by atoms with Crippen LogP contribution >= 0.6 is 0 Å². The minimum Gasteiger partial charge on any atom is -0.444 e. The predicted molar refractivity (Wildman–Crippen MR) is 87.5 cm³/mol. The summed E-state index contributed by atoms with van der Waals surface area (Å²) in [6.45, 7) is 15.2. The minimum absolute atomic E-state index is 0.162. The van der Waals surface area contributed by atoms with Gasteiger partial charge in [0.25, 0.3) is 0 Å². The lowest BCUT2D eigenvalue weighted by Crippen LogP contribution is -2.50. The highest BCUT2D eigenvalue weighted by molar-refractivity contribution is 5.68. The molecule has 0 aromatic carbocycles. The SMILES string of the molecule is CC(C)(C)CCNCC1CCCCN1C(=O)OC(C)(C)C. The Balaban J connectivity index is 2.44. The van der Waals surface area contributed by atoms with E-state index in [0.29, 0.717) is 5.41 Å². The van der Waals surface area contributed by atoms with Gasteiger partial charge in [-0.15, -0.1) is 0 Å². The van der Waals surface area contributed by atoms with Crippen LogP contribution in [0.5, 0.6) is 0 Å². The van der Waals surface area contributed by atoms with Crippen LogP contribution in [0.3, 0.4) is 0 Å². The summed E-state index contributed by atoms with van der Waals surface area (Å²) in [4.78, 5) is 14.2. The van der Waals surface area contributed by atoms with Gasteiger partial charge in [-0.25, -0.2) is 4.79 Å². The molecule has 1 rings (SSSR count). The first-order valence-corrected chi connectivity index (χ1v) is 8.29. The van der Waals surface area contributed by atoms with E-state index in [1.54, 1.807) is 0 Å². The van der Waals surface area contributed by atoms with Gasteiger partial charge in [0.15, 0.2) is 0 Å². The van der Waals surface area contributed by atoms with Gasteiger partial charge < -0.3 is 15.0 Å². The Morgan fingerprint density at radius 2 is 1.86 bits per heavy atom. The monoisotopic (exact) mass is 298 g/mol. The van der Waals surface area contributed by atoms with E-state index in [1.165, 1.54) is 6.42 Å². The molecule has 0 aliphatic carbocycles. The molecule has 1 heterocycles. The quantitative estimate of drug-likeness (QED) is 0.803. The molecule has 1 atom stereocenters. The van der Waals surface area contributed by atoms with Crippen molar-refractivity contribution in [2.24, 2.45) is 5.41 Å². The summed E-state index contributed by atoms with van der Waals surface area (Å²) in [5, 5.41) is 3.51. The molecule has 21 heavy (non-hydrogen) atoms. The Hall–Kier alpha value is -0.770. The zero-order chi connectivity index (χ0) is 16.1. The Bertz CT molecular complexity index is 329. The van der Waals surface area contributed by atoms with E-state index in [0.717, 1.165) is 38.9 Å². The second-order valence-corrected chi connectivity index (χ2v) is 8.34. The van der Waals surface area contributed by atoms with Crippen molar-refractivity contribution in [3.63, 3.8) is 0 Å².